The van der Waals surface area contributed by atoms with Crippen molar-refractivity contribution in [2.45, 2.75) is 32.7 Å². The first-order valence-corrected chi connectivity index (χ1v) is 6.13. The Morgan fingerprint density at radius 1 is 1.50 bits per heavy atom. The molecule has 0 heterocycles. The van der Waals surface area contributed by atoms with E-state index in [4.69, 9.17) is 28.2 Å². The number of carbonyl (C=O) groups is 1. The summed E-state index contributed by atoms with van der Waals surface area (Å²) >= 11 is 5.92. The molecule has 0 bridgehead atoms. The average molecular weight is 271 g/mol. The fourth-order valence-electron chi connectivity index (χ4n) is 1.82. The van der Waals surface area contributed by atoms with Gasteiger partial charge in [-0.3, -0.25) is 4.79 Å². The van der Waals surface area contributed by atoms with Gasteiger partial charge in [-0.05, 0) is 44.4 Å². The number of carboxylic acid groups (broad SMARTS) is 1. The first-order chi connectivity index (χ1) is 8.22. The zero-order valence-corrected chi connectivity index (χ0v) is 11.4. The number of rotatable bonds is 5. The van der Waals surface area contributed by atoms with Gasteiger partial charge in [-0.15, -0.1) is 0 Å². The van der Waals surface area contributed by atoms with Gasteiger partial charge in [0.1, 0.15) is 0 Å². The molecule has 100 valence electrons. The fourth-order valence-corrected chi connectivity index (χ4v) is 2.02. The Balaban J connectivity index is 2.67. The summed E-state index contributed by atoms with van der Waals surface area (Å²) in [4.78, 5) is 11.0. The Morgan fingerprint density at radius 3 is 2.61 bits per heavy atom. The molecule has 5 heteroatoms. The minimum Gasteiger partial charge on any atom is -0.481 e. The number of anilines is 1. The van der Waals surface area contributed by atoms with E-state index in [0.29, 0.717) is 23.6 Å². The van der Waals surface area contributed by atoms with E-state index in [1.807, 2.05) is 6.07 Å². The summed E-state index contributed by atoms with van der Waals surface area (Å²) < 4.78 is 0. The molecule has 18 heavy (non-hydrogen) atoms. The molecule has 0 aliphatic heterocycles. The maximum absolute atomic E-state index is 11.0. The van der Waals surface area contributed by atoms with Crippen LogP contribution >= 0.6 is 11.6 Å². The SMILES string of the molecule is CC(C)(CC(N)Cc1ccc(N)c(Cl)c1)C(=O)O. The lowest BCUT2D eigenvalue weighted by Gasteiger charge is -2.23. The Bertz CT molecular complexity index is 447. The summed E-state index contributed by atoms with van der Waals surface area (Å²) in [5, 5.41) is 9.54. The second-order valence-corrected chi connectivity index (χ2v) is 5.62. The highest BCUT2D eigenvalue weighted by atomic mass is 35.5. The first-order valence-electron chi connectivity index (χ1n) is 5.75. The average Bonchev–Trinajstić information content (AvgIpc) is 2.22. The van der Waals surface area contributed by atoms with E-state index in [1.165, 1.54) is 0 Å². The molecule has 4 nitrogen and oxygen atoms in total. The number of carboxylic acids is 1. The molecule has 1 atom stereocenters. The second-order valence-electron chi connectivity index (χ2n) is 5.21. The smallest absolute Gasteiger partial charge is 0.309 e. The van der Waals surface area contributed by atoms with Crippen LogP contribution in [-0.2, 0) is 11.2 Å². The van der Waals surface area contributed by atoms with E-state index in [-0.39, 0.29) is 6.04 Å². The molecule has 1 unspecified atom stereocenters. The number of benzene rings is 1. The van der Waals surface area contributed by atoms with Crippen LogP contribution in [0.25, 0.3) is 0 Å². The minimum absolute atomic E-state index is 0.226. The van der Waals surface area contributed by atoms with Gasteiger partial charge in [0.15, 0.2) is 0 Å². The van der Waals surface area contributed by atoms with Gasteiger partial charge in [-0.2, -0.15) is 0 Å². The molecule has 0 fully saturated rings. The van der Waals surface area contributed by atoms with Gasteiger partial charge in [0.2, 0.25) is 0 Å². The van der Waals surface area contributed by atoms with Crippen LogP contribution in [0.1, 0.15) is 25.8 Å². The molecule has 0 spiro atoms. The summed E-state index contributed by atoms with van der Waals surface area (Å²) in [7, 11) is 0. The zero-order valence-electron chi connectivity index (χ0n) is 10.6. The zero-order chi connectivity index (χ0) is 13.9. The van der Waals surface area contributed by atoms with Crippen molar-refractivity contribution >= 4 is 23.3 Å². The third kappa shape index (κ3) is 3.89. The highest BCUT2D eigenvalue weighted by Gasteiger charge is 2.29. The van der Waals surface area contributed by atoms with Crippen molar-refractivity contribution in [2.75, 3.05) is 5.73 Å². The molecular formula is C13H19ClN2O2. The van der Waals surface area contributed by atoms with Crippen LogP contribution in [0.2, 0.25) is 5.02 Å². The number of halogens is 1. The molecule has 0 aromatic heterocycles. The van der Waals surface area contributed by atoms with Crippen molar-refractivity contribution in [1.29, 1.82) is 0 Å². The summed E-state index contributed by atoms with van der Waals surface area (Å²) in [6, 6.07) is 5.13. The standard InChI is InChI=1S/C13H19ClN2O2/c1-13(2,12(17)18)7-9(15)5-8-3-4-11(16)10(14)6-8/h3-4,6,9H,5,7,15-16H2,1-2H3,(H,17,18). The van der Waals surface area contributed by atoms with E-state index in [9.17, 15) is 4.79 Å². The third-order valence-corrected chi connectivity index (χ3v) is 3.24. The normalized spacial score (nSPS) is 13.3. The predicted octanol–water partition coefficient (Wildman–Crippen LogP) is 2.29. The van der Waals surface area contributed by atoms with Crippen LogP contribution < -0.4 is 11.5 Å². The number of hydrogen-bond donors (Lipinski definition) is 3. The molecule has 0 aliphatic carbocycles. The molecule has 0 radical (unpaired) electrons. The van der Waals surface area contributed by atoms with Gasteiger partial charge in [-0.25, -0.2) is 0 Å². The molecule has 5 N–H and O–H groups in total. The van der Waals surface area contributed by atoms with Gasteiger partial charge >= 0.3 is 5.97 Å². The Morgan fingerprint density at radius 2 is 2.11 bits per heavy atom. The summed E-state index contributed by atoms with van der Waals surface area (Å²) in [5.74, 6) is -0.840. The lowest BCUT2D eigenvalue weighted by molar-refractivity contribution is -0.147. The van der Waals surface area contributed by atoms with Crippen molar-refractivity contribution < 1.29 is 9.90 Å². The number of nitrogens with two attached hydrogens (primary N) is 2. The maximum Gasteiger partial charge on any atom is 0.309 e. The number of nitrogen functional groups attached to an aromatic ring is 1. The lowest BCUT2D eigenvalue weighted by atomic mass is 9.84. The van der Waals surface area contributed by atoms with E-state index >= 15 is 0 Å². The molecule has 0 saturated heterocycles. The monoisotopic (exact) mass is 270 g/mol. The molecule has 0 saturated carbocycles. The second kappa shape index (κ2) is 5.59. The molecule has 1 rings (SSSR count). The van der Waals surface area contributed by atoms with Crippen molar-refractivity contribution in [2.24, 2.45) is 11.1 Å². The molecule has 0 amide bonds. The van der Waals surface area contributed by atoms with Crippen LogP contribution in [0.4, 0.5) is 5.69 Å². The Kier molecular flexibility index (Phi) is 4.59. The van der Waals surface area contributed by atoms with Gasteiger partial charge in [0.05, 0.1) is 16.1 Å². The van der Waals surface area contributed by atoms with Gasteiger partial charge < -0.3 is 16.6 Å². The quantitative estimate of drug-likeness (QED) is 0.716. The Labute approximate surface area is 112 Å². The van der Waals surface area contributed by atoms with Gasteiger partial charge in [0.25, 0.3) is 0 Å². The highest BCUT2D eigenvalue weighted by Crippen LogP contribution is 2.25. The predicted molar refractivity (Wildman–Crippen MR) is 73.6 cm³/mol. The minimum atomic E-state index is -0.840. The largest absolute Gasteiger partial charge is 0.481 e. The van der Waals surface area contributed by atoms with Crippen molar-refractivity contribution in [3.05, 3.63) is 28.8 Å². The van der Waals surface area contributed by atoms with E-state index in [1.54, 1.807) is 26.0 Å². The lowest BCUT2D eigenvalue weighted by Crippen LogP contribution is -2.34. The van der Waals surface area contributed by atoms with E-state index in [0.717, 1.165) is 5.56 Å². The Hall–Kier alpha value is -1.26. The summed E-state index contributed by atoms with van der Waals surface area (Å²) in [5.41, 5.74) is 12.3. The highest BCUT2D eigenvalue weighted by molar-refractivity contribution is 6.33. The fraction of sp³-hybridized carbons (Fsp3) is 0.462. The van der Waals surface area contributed by atoms with E-state index in [2.05, 4.69) is 0 Å². The first kappa shape index (κ1) is 14.8. The third-order valence-electron chi connectivity index (χ3n) is 2.91. The number of hydrogen-bond acceptors (Lipinski definition) is 3. The van der Waals surface area contributed by atoms with Crippen LogP contribution in [0, 0.1) is 5.41 Å². The molecule has 0 aliphatic rings. The van der Waals surface area contributed by atoms with E-state index < -0.39 is 11.4 Å². The molecular weight excluding hydrogens is 252 g/mol. The molecule has 1 aromatic rings. The van der Waals surface area contributed by atoms with Crippen molar-refractivity contribution in [3.63, 3.8) is 0 Å². The summed E-state index contributed by atoms with van der Waals surface area (Å²) in [6.45, 7) is 3.34. The van der Waals surface area contributed by atoms with Crippen LogP contribution in [0.3, 0.4) is 0 Å². The van der Waals surface area contributed by atoms with Crippen molar-refractivity contribution in [3.8, 4) is 0 Å². The van der Waals surface area contributed by atoms with Crippen LogP contribution in [0.5, 0.6) is 0 Å². The van der Waals surface area contributed by atoms with Crippen LogP contribution in [-0.4, -0.2) is 17.1 Å². The van der Waals surface area contributed by atoms with Gasteiger partial charge in [0, 0.05) is 6.04 Å². The topological polar surface area (TPSA) is 89.3 Å². The number of aliphatic carboxylic acids is 1. The maximum atomic E-state index is 11.0. The summed E-state index contributed by atoms with van der Waals surface area (Å²) in [6.07, 6.45) is 0.987. The molecule has 1 aromatic carbocycles. The van der Waals surface area contributed by atoms with Gasteiger partial charge in [-0.1, -0.05) is 17.7 Å². The van der Waals surface area contributed by atoms with Crippen LogP contribution in [0.15, 0.2) is 18.2 Å². The van der Waals surface area contributed by atoms with Crippen molar-refractivity contribution in [1.82, 2.24) is 0 Å².